The van der Waals surface area contributed by atoms with E-state index in [1.807, 2.05) is 31.2 Å². The maximum Gasteiger partial charge on any atom is 0.274 e. The second-order valence-corrected chi connectivity index (χ2v) is 6.12. The smallest absolute Gasteiger partial charge is 0.274 e. The minimum atomic E-state index is -0.257. The molecule has 0 bridgehead atoms. The third-order valence-electron chi connectivity index (χ3n) is 4.40. The lowest BCUT2D eigenvalue weighted by molar-refractivity contribution is 0.102. The maximum absolute atomic E-state index is 12.6. The van der Waals surface area contributed by atoms with E-state index in [4.69, 9.17) is 0 Å². The van der Waals surface area contributed by atoms with Crippen LogP contribution in [0.3, 0.4) is 0 Å². The second kappa shape index (κ2) is 6.40. The fourth-order valence-corrected chi connectivity index (χ4v) is 2.89. The molecule has 0 aliphatic rings. The molecule has 3 aromatic heterocycles. The third-order valence-corrected chi connectivity index (χ3v) is 4.40. The third kappa shape index (κ3) is 2.93. The van der Waals surface area contributed by atoms with Crippen LogP contribution in [0.5, 0.6) is 0 Å². The molecule has 0 radical (unpaired) electrons. The zero-order valence-corrected chi connectivity index (χ0v) is 14.4. The summed E-state index contributed by atoms with van der Waals surface area (Å²) in [6.07, 6.45) is 4.80. The summed E-state index contributed by atoms with van der Waals surface area (Å²) in [6.45, 7) is 4.10. The molecule has 0 atom stereocenters. The highest BCUT2D eigenvalue weighted by Gasteiger charge is 2.11. The first-order valence-corrected chi connectivity index (χ1v) is 8.24. The van der Waals surface area contributed by atoms with Gasteiger partial charge in [-0.15, -0.1) is 0 Å². The Hall–Kier alpha value is -3.54. The largest absolute Gasteiger partial charge is 0.358 e. The average molecular weight is 343 g/mol. The molecule has 1 amide bonds. The van der Waals surface area contributed by atoms with E-state index >= 15 is 0 Å². The summed E-state index contributed by atoms with van der Waals surface area (Å²) in [4.78, 5) is 28.3. The fraction of sp³-hybridized carbons (Fsp3) is 0.100. The monoisotopic (exact) mass is 343 g/mol. The number of H-pyrrole nitrogens is 1. The van der Waals surface area contributed by atoms with Crippen LogP contribution in [0.2, 0.25) is 0 Å². The molecule has 4 aromatic rings. The number of aryl methyl sites for hydroxylation is 2. The molecule has 0 saturated carbocycles. The molecule has 3 heterocycles. The van der Waals surface area contributed by atoms with Crippen molar-refractivity contribution in [1.82, 2.24) is 19.9 Å². The van der Waals surface area contributed by atoms with E-state index < -0.39 is 0 Å². The number of pyridine rings is 1. The van der Waals surface area contributed by atoms with Crippen LogP contribution in [0.15, 0.2) is 55.1 Å². The summed E-state index contributed by atoms with van der Waals surface area (Å²) in [5, 5.41) is 4.02. The van der Waals surface area contributed by atoms with Crippen LogP contribution in [-0.2, 0) is 0 Å². The number of aromatic amines is 1. The Kier molecular flexibility index (Phi) is 3.93. The van der Waals surface area contributed by atoms with E-state index in [9.17, 15) is 4.79 Å². The number of carbonyl (C=O) groups excluding carboxylic acids is 1. The molecule has 0 unspecified atom stereocenters. The van der Waals surface area contributed by atoms with Crippen LogP contribution in [0, 0.1) is 13.8 Å². The van der Waals surface area contributed by atoms with Crippen LogP contribution in [0.1, 0.15) is 21.7 Å². The van der Waals surface area contributed by atoms with Gasteiger partial charge in [0.15, 0.2) is 0 Å². The van der Waals surface area contributed by atoms with Gasteiger partial charge in [-0.3, -0.25) is 4.79 Å². The van der Waals surface area contributed by atoms with Crippen molar-refractivity contribution < 1.29 is 4.79 Å². The number of amides is 1. The van der Waals surface area contributed by atoms with Gasteiger partial charge in [-0.2, -0.15) is 0 Å². The number of nitrogens with one attached hydrogen (secondary N) is 2. The van der Waals surface area contributed by atoms with E-state index in [1.54, 1.807) is 24.5 Å². The standard InChI is InChI=1S/C20H17N5O/c1-12-13(2)23-18-7-6-15(8-16(12)18)24-20(26)19-5-3-4-17(25-19)14-9-21-11-22-10-14/h3-11,23H,1-2H3,(H,24,26). The molecular weight excluding hydrogens is 326 g/mol. The summed E-state index contributed by atoms with van der Waals surface area (Å²) in [6, 6.07) is 11.1. The van der Waals surface area contributed by atoms with Crippen LogP contribution < -0.4 is 5.32 Å². The van der Waals surface area contributed by atoms with Gasteiger partial charge in [0, 0.05) is 40.2 Å². The minimum absolute atomic E-state index is 0.257. The molecule has 26 heavy (non-hydrogen) atoms. The topological polar surface area (TPSA) is 83.6 Å². The molecule has 6 heteroatoms. The number of anilines is 1. The molecular formula is C20H17N5O. The van der Waals surface area contributed by atoms with Gasteiger partial charge in [-0.05, 0) is 49.7 Å². The first-order chi connectivity index (χ1) is 12.6. The number of carbonyl (C=O) groups is 1. The van der Waals surface area contributed by atoms with Gasteiger partial charge in [0.2, 0.25) is 0 Å². The SMILES string of the molecule is Cc1[nH]c2ccc(NC(=O)c3cccc(-c4cncnc4)n3)cc2c1C. The van der Waals surface area contributed by atoms with Gasteiger partial charge >= 0.3 is 0 Å². The van der Waals surface area contributed by atoms with Crippen molar-refractivity contribution in [2.75, 3.05) is 5.32 Å². The van der Waals surface area contributed by atoms with E-state index in [1.165, 1.54) is 11.9 Å². The van der Waals surface area contributed by atoms with Crippen LogP contribution in [-0.4, -0.2) is 25.8 Å². The summed E-state index contributed by atoms with van der Waals surface area (Å²) in [7, 11) is 0. The maximum atomic E-state index is 12.6. The first-order valence-electron chi connectivity index (χ1n) is 8.24. The van der Waals surface area contributed by atoms with Crippen molar-refractivity contribution in [3.05, 3.63) is 72.1 Å². The van der Waals surface area contributed by atoms with Crippen LogP contribution >= 0.6 is 0 Å². The lowest BCUT2D eigenvalue weighted by Crippen LogP contribution is -2.13. The fourth-order valence-electron chi connectivity index (χ4n) is 2.89. The molecule has 6 nitrogen and oxygen atoms in total. The summed E-state index contributed by atoms with van der Waals surface area (Å²) in [5.74, 6) is -0.257. The number of hydrogen-bond donors (Lipinski definition) is 2. The number of aromatic nitrogens is 4. The Labute approximate surface area is 150 Å². The van der Waals surface area contributed by atoms with Crippen molar-refractivity contribution in [1.29, 1.82) is 0 Å². The molecule has 0 fully saturated rings. The second-order valence-electron chi connectivity index (χ2n) is 6.12. The summed E-state index contributed by atoms with van der Waals surface area (Å²) < 4.78 is 0. The molecule has 0 spiro atoms. The number of hydrogen-bond acceptors (Lipinski definition) is 4. The zero-order valence-electron chi connectivity index (χ0n) is 14.4. The molecule has 0 aliphatic carbocycles. The highest BCUT2D eigenvalue weighted by Crippen LogP contribution is 2.25. The van der Waals surface area contributed by atoms with Crippen molar-refractivity contribution in [3.8, 4) is 11.3 Å². The molecule has 0 saturated heterocycles. The van der Waals surface area contributed by atoms with E-state index in [0.717, 1.165) is 27.8 Å². The average Bonchev–Trinajstić information content (AvgIpc) is 2.96. The predicted octanol–water partition coefficient (Wildman–Crippen LogP) is 3.89. The summed E-state index contributed by atoms with van der Waals surface area (Å²) in [5.41, 5.74) is 5.87. The minimum Gasteiger partial charge on any atom is -0.358 e. The van der Waals surface area contributed by atoms with Gasteiger partial charge in [-0.1, -0.05) is 6.07 Å². The Morgan fingerprint density at radius 2 is 1.88 bits per heavy atom. The zero-order chi connectivity index (χ0) is 18.1. The predicted molar refractivity (Wildman–Crippen MR) is 101 cm³/mol. The highest BCUT2D eigenvalue weighted by atomic mass is 16.1. The molecule has 1 aromatic carbocycles. The van der Waals surface area contributed by atoms with Gasteiger partial charge in [0.05, 0.1) is 5.69 Å². The quantitative estimate of drug-likeness (QED) is 0.591. The van der Waals surface area contributed by atoms with Gasteiger partial charge in [0.1, 0.15) is 12.0 Å². The molecule has 128 valence electrons. The number of rotatable bonds is 3. The van der Waals surface area contributed by atoms with Crippen molar-refractivity contribution in [2.45, 2.75) is 13.8 Å². The summed E-state index contributed by atoms with van der Waals surface area (Å²) >= 11 is 0. The highest BCUT2D eigenvalue weighted by molar-refractivity contribution is 6.04. The first kappa shape index (κ1) is 16.0. The van der Waals surface area contributed by atoms with Gasteiger partial charge < -0.3 is 10.3 Å². The molecule has 0 aliphatic heterocycles. The van der Waals surface area contributed by atoms with Crippen molar-refractivity contribution in [2.24, 2.45) is 0 Å². The lowest BCUT2D eigenvalue weighted by Gasteiger charge is -2.07. The van der Waals surface area contributed by atoms with E-state index in [2.05, 4.69) is 32.2 Å². The number of fused-ring (bicyclic) bond motifs is 1. The van der Waals surface area contributed by atoms with E-state index in [0.29, 0.717) is 11.4 Å². The Morgan fingerprint density at radius 1 is 1.08 bits per heavy atom. The number of benzene rings is 1. The Bertz CT molecular complexity index is 1100. The normalized spacial score (nSPS) is 10.8. The van der Waals surface area contributed by atoms with Crippen LogP contribution in [0.25, 0.3) is 22.2 Å². The van der Waals surface area contributed by atoms with Crippen LogP contribution in [0.4, 0.5) is 5.69 Å². The Morgan fingerprint density at radius 3 is 2.69 bits per heavy atom. The number of nitrogens with zero attached hydrogens (tertiary/aromatic N) is 3. The van der Waals surface area contributed by atoms with Crippen molar-refractivity contribution >= 4 is 22.5 Å². The lowest BCUT2D eigenvalue weighted by atomic mass is 10.1. The van der Waals surface area contributed by atoms with Gasteiger partial charge in [-0.25, -0.2) is 15.0 Å². The Balaban J connectivity index is 1.61. The molecule has 2 N–H and O–H groups in total. The van der Waals surface area contributed by atoms with Crippen molar-refractivity contribution in [3.63, 3.8) is 0 Å². The molecule has 4 rings (SSSR count). The van der Waals surface area contributed by atoms with Gasteiger partial charge in [0.25, 0.3) is 5.91 Å². The van der Waals surface area contributed by atoms with E-state index in [-0.39, 0.29) is 5.91 Å².